The molecule has 84 valence electrons. The second-order valence-corrected chi connectivity index (χ2v) is 4.56. The molecule has 0 bridgehead atoms. The third-order valence-electron chi connectivity index (χ3n) is 2.25. The van der Waals surface area contributed by atoms with Crippen molar-refractivity contribution >= 4 is 33.3 Å². The first-order chi connectivity index (χ1) is 8.24. The molecule has 17 heavy (non-hydrogen) atoms. The average molecular weight is 266 g/mol. The minimum Gasteiger partial charge on any atom is -0.225 e. The van der Waals surface area contributed by atoms with E-state index in [2.05, 4.69) is 15.0 Å². The monoisotopic (exact) mass is 265 g/mol. The van der Waals surface area contributed by atoms with E-state index in [1.165, 1.54) is 23.5 Å². The number of aromatic nitrogens is 3. The summed E-state index contributed by atoms with van der Waals surface area (Å²) in [5, 5.41) is 0.372. The van der Waals surface area contributed by atoms with Gasteiger partial charge in [-0.15, -0.1) is 11.3 Å². The number of nitrogens with zero attached hydrogens (tertiary/aromatic N) is 3. The van der Waals surface area contributed by atoms with Gasteiger partial charge >= 0.3 is 0 Å². The number of rotatable bonds is 1. The van der Waals surface area contributed by atoms with Gasteiger partial charge in [-0.05, 0) is 24.3 Å². The molecule has 3 aromatic rings. The van der Waals surface area contributed by atoms with Gasteiger partial charge in [0, 0.05) is 5.56 Å². The highest BCUT2D eigenvalue weighted by Gasteiger charge is 2.09. The van der Waals surface area contributed by atoms with Crippen LogP contribution in [0.3, 0.4) is 0 Å². The van der Waals surface area contributed by atoms with E-state index in [0.29, 0.717) is 22.2 Å². The van der Waals surface area contributed by atoms with Crippen LogP contribution in [0.1, 0.15) is 0 Å². The molecule has 3 nitrogen and oxygen atoms in total. The Kier molecular flexibility index (Phi) is 2.49. The molecule has 0 saturated carbocycles. The van der Waals surface area contributed by atoms with Crippen molar-refractivity contribution in [3.63, 3.8) is 0 Å². The lowest BCUT2D eigenvalue weighted by atomic mass is 10.2. The summed E-state index contributed by atoms with van der Waals surface area (Å²) in [5.41, 5.74) is 2.94. The summed E-state index contributed by atoms with van der Waals surface area (Å²) >= 11 is 7.42. The maximum atomic E-state index is 12.8. The zero-order chi connectivity index (χ0) is 11.8. The first-order valence-corrected chi connectivity index (χ1v) is 6.02. The SMILES string of the molecule is Fc1ccc(-c2nc(Cl)c3scnc3n2)cc1. The van der Waals surface area contributed by atoms with Gasteiger partial charge in [0.05, 0.1) is 5.51 Å². The number of hydrogen-bond acceptors (Lipinski definition) is 4. The largest absolute Gasteiger partial charge is 0.225 e. The van der Waals surface area contributed by atoms with Crippen molar-refractivity contribution in [3.8, 4) is 11.4 Å². The molecule has 0 aliphatic heterocycles. The Hall–Kier alpha value is -1.59. The maximum Gasteiger partial charge on any atom is 0.175 e. The second kappa shape index (κ2) is 4.01. The first kappa shape index (κ1) is 10.6. The van der Waals surface area contributed by atoms with Gasteiger partial charge in [0.15, 0.2) is 16.6 Å². The molecule has 2 aromatic heterocycles. The molecule has 6 heteroatoms. The molecule has 1 aromatic carbocycles. The second-order valence-electron chi connectivity index (χ2n) is 3.35. The fourth-order valence-electron chi connectivity index (χ4n) is 1.46. The highest BCUT2D eigenvalue weighted by atomic mass is 35.5. The topological polar surface area (TPSA) is 38.7 Å². The Morgan fingerprint density at radius 1 is 1.12 bits per heavy atom. The van der Waals surface area contributed by atoms with Gasteiger partial charge < -0.3 is 0 Å². The Bertz CT molecular complexity index is 681. The van der Waals surface area contributed by atoms with E-state index >= 15 is 0 Å². The molecule has 0 N–H and O–H groups in total. The molecular weight excluding hydrogens is 261 g/mol. The molecule has 2 heterocycles. The van der Waals surface area contributed by atoms with Crippen molar-refractivity contribution in [2.75, 3.05) is 0 Å². The zero-order valence-corrected chi connectivity index (χ0v) is 9.96. The van der Waals surface area contributed by atoms with Gasteiger partial charge in [0.1, 0.15) is 10.5 Å². The zero-order valence-electron chi connectivity index (χ0n) is 8.39. The van der Waals surface area contributed by atoms with Gasteiger partial charge in [0.25, 0.3) is 0 Å². The summed E-state index contributed by atoms with van der Waals surface area (Å²) in [6.45, 7) is 0. The summed E-state index contributed by atoms with van der Waals surface area (Å²) in [7, 11) is 0. The summed E-state index contributed by atoms with van der Waals surface area (Å²) in [5.74, 6) is 0.156. The van der Waals surface area contributed by atoms with E-state index in [9.17, 15) is 4.39 Å². The molecule has 0 radical (unpaired) electrons. The maximum absolute atomic E-state index is 12.8. The van der Waals surface area contributed by atoms with Crippen molar-refractivity contribution in [2.24, 2.45) is 0 Å². The lowest BCUT2D eigenvalue weighted by Gasteiger charge is -2.00. The Balaban J connectivity index is 2.20. The Morgan fingerprint density at radius 3 is 2.65 bits per heavy atom. The lowest BCUT2D eigenvalue weighted by Crippen LogP contribution is -1.90. The third kappa shape index (κ3) is 1.87. The van der Waals surface area contributed by atoms with Crippen molar-refractivity contribution in [1.82, 2.24) is 15.0 Å². The highest BCUT2D eigenvalue weighted by Crippen LogP contribution is 2.26. The van der Waals surface area contributed by atoms with Crippen LogP contribution in [0, 0.1) is 5.82 Å². The summed E-state index contributed by atoms with van der Waals surface area (Å²) in [6, 6.07) is 5.94. The van der Waals surface area contributed by atoms with Crippen LogP contribution in [0.25, 0.3) is 21.7 Å². The van der Waals surface area contributed by atoms with Crippen molar-refractivity contribution < 1.29 is 4.39 Å². The Morgan fingerprint density at radius 2 is 1.88 bits per heavy atom. The van der Waals surface area contributed by atoms with E-state index in [1.54, 1.807) is 17.6 Å². The average Bonchev–Trinajstić information content (AvgIpc) is 2.78. The highest BCUT2D eigenvalue weighted by molar-refractivity contribution is 7.17. The standard InChI is InChI=1S/C11H5ClFN3S/c12-9-8-11(14-5-17-8)16-10(15-9)6-1-3-7(13)4-2-6/h1-5H. The normalized spacial score (nSPS) is 10.9. The predicted octanol–water partition coefficient (Wildman–Crippen LogP) is 3.55. The van der Waals surface area contributed by atoms with Gasteiger partial charge in [0.2, 0.25) is 0 Å². The van der Waals surface area contributed by atoms with Crippen LogP contribution in [0.4, 0.5) is 4.39 Å². The molecule has 0 atom stereocenters. The minimum absolute atomic E-state index is 0.297. The number of halogens is 2. The van der Waals surface area contributed by atoms with Crippen LogP contribution < -0.4 is 0 Å². The quantitative estimate of drug-likeness (QED) is 0.632. The van der Waals surface area contributed by atoms with Crippen molar-refractivity contribution in [3.05, 3.63) is 40.7 Å². The van der Waals surface area contributed by atoms with Crippen LogP contribution >= 0.6 is 22.9 Å². The van der Waals surface area contributed by atoms with E-state index in [4.69, 9.17) is 11.6 Å². The summed E-state index contributed by atoms with van der Waals surface area (Å²) in [6.07, 6.45) is 0. The molecule has 3 rings (SSSR count). The predicted molar refractivity (Wildman–Crippen MR) is 65.6 cm³/mol. The van der Waals surface area contributed by atoms with E-state index in [0.717, 1.165) is 4.70 Å². The molecule has 0 spiro atoms. The fourth-order valence-corrected chi connectivity index (χ4v) is 2.36. The van der Waals surface area contributed by atoms with Gasteiger partial charge in [-0.1, -0.05) is 11.6 Å². The third-order valence-corrected chi connectivity index (χ3v) is 3.46. The molecule has 0 fully saturated rings. The number of hydrogen-bond donors (Lipinski definition) is 0. The van der Waals surface area contributed by atoms with Crippen LogP contribution in [-0.4, -0.2) is 15.0 Å². The molecule has 0 aliphatic carbocycles. The van der Waals surface area contributed by atoms with Crippen molar-refractivity contribution in [2.45, 2.75) is 0 Å². The van der Waals surface area contributed by atoms with E-state index in [-0.39, 0.29) is 5.82 Å². The molecule has 0 saturated heterocycles. The van der Waals surface area contributed by atoms with Gasteiger partial charge in [-0.3, -0.25) is 0 Å². The number of benzene rings is 1. The van der Waals surface area contributed by atoms with Crippen LogP contribution in [-0.2, 0) is 0 Å². The molecule has 0 unspecified atom stereocenters. The van der Waals surface area contributed by atoms with Crippen LogP contribution in [0.5, 0.6) is 0 Å². The van der Waals surface area contributed by atoms with Gasteiger partial charge in [-0.2, -0.15) is 0 Å². The lowest BCUT2D eigenvalue weighted by molar-refractivity contribution is 0.628. The Labute approximate surface area is 105 Å². The first-order valence-electron chi connectivity index (χ1n) is 4.77. The van der Waals surface area contributed by atoms with Crippen LogP contribution in [0.15, 0.2) is 29.8 Å². The summed E-state index contributed by atoms with van der Waals surface area (Å²) < 4.78 is 13.6. The number of fused-ring (bicyclic) bond motifs is 1. The molecule has 0 amide bonds. The molecular formula is C11H5ClFN3S. The van der Waals surface area contributed by atoms with Crippen molar-refractivity contribution in [1.29, 1.82) is 0 Å². The fraction of sp³-hybridized carbons (Fsp3) is 0. The minimum atomic E-state index is -0.297. The van der Waals surface area contributed by atoms with Crippen LogP contribution in [0.2, 0.25) is 5.15 Å². The van der Waals surface area contributed by atoms with E-state index in [1.807, 2.05) is 0 Å². The van der Waals surface area contributed by atoms with Gasteiger partial charge in [-0.25, -0.2) is 19.3 Å². The summed E-state index contributed by atoms with van der Waals surface area (Å²) in [4.78, 5) is 12.5. The number of thiazole rings is 1. The molecule has 0 aliphatic rings. The smallest absolute Gasteiger partial charge is 0.175 e. The van der Waals surface area contributed by atoms with E-state index < -0.39 is 0 Å².